The molecule has 0 spiro atoms. The van der Waals surface area contributed by atoms with Crippen molar-refractivity contribution in [2.75, 3.05) is 40.9 Å². The van der Waals surface area contributed by atoms with E-state index in [2.05, 4.69) is 50.4 Å². The van der Waals surface area contributed by atoms with Crippen LogP contribution in [0.15, 0.2) is 36.5 Å². The minimum absolute atomic E-state index is 0.0222. The molecular formula is C63H121N2O7P. The molecule has 0 aliphatic heterocycles. The van der Waals surface area contributed by atoms with Crippen LogP contribution < -0.4 is 10.2 Å². The highest BCUT2D eigenvalue weighted by Crippen LogP contribution is 2.38. The van der Waals surface area contributed by atoms with Crippen molar-refractivity contribution in [3.05, 3.63) is 36.5 Å². The molecule has 1 N–H and O–H groups in total. The predicted octanol–water partition coefficient (Wildman–Crippen LogP) is 18.5. The van der Waals surface area contributed by atoms with E-state index in [0.29, 0.717) is 17.4 Å². The molecule has 0 heterocycles. The van der Waals surface area contributed by atoms with Crippen molar-refractivity contribution in [1.82, 2.24) is 5.32 Å². The van der Waals surface area contributed by atoms with Crippen molar-refractivity contribution in [3.63, 3.8) is 0 Å². The number of esters is 1. The molecule has 0 rings (SSSR count). The van der Waals surface area contributed by atoms with Crippen LogP contribution in [-0.2, 0) is 27.9 Å². The first-order chi connectivity index (χ1) is 35.4. The molecule has 0 saturated heterocycles. The maximum Gasteiger partial charge on any atom is 0.306 e. The molecule has 0 radical (unpaired) electrons. The first kappa shape index (κ1) is 71.2. The third kappa shape index (κ3) is 54.8. The van der Waals surface area contributed by atoms with Gasteiger partial charge in [-0.25, -0.2) is 0 Å². The molecule has 73 heavy (non-hydrogen) atoms. The van der Waals surface area contributed by atoms with E-state index in [1.54, 1.807) is 0 Å². The van der Waals surface area contributed by atoms with Crippen molar-refractivity contribution >= 4 is 19.7 Å². The third-order valence-electron chi connectivity index (χ3n) is 14.0. The van der Waals surface area contributed by atoms with Crippen molar-refractivity contribution in [2.45, 2.75) is 315 Å². The van der Waals surface area contributed by atoms with Gasteiger partial charge in [0, 0.05) is 12.8 Å². The maximum absolute atomic E-state index is 13.5. The molecule has 1 amide bonds. The number of unbranched alkanes of at least 4 members (excludes halogenated alkanes) is 37. The number of hydrogen-bond acceptors (Lipinski definition) is 7. The number of carbonyl (C=O) groups is 2. The molecule has 10 heteroatoms. The summed E-state index contributed by atoms with van der Waals surface area (Å²) in [5.74, 6) is -0.540. The Hall–Kier alpha value is -1.77. The van der Waals surface area contributed by atoms with Crippen LogP contribution in [0.1, 0.15) is 303 Å². The van der Waals surface area contributed by atoms with Gasteiger partial charge in [-0.1, -0.05) is 244 Å². The van der Waals surface area contributed by atoms with Gasteiger partial charge in [-0.2, -0.15) is 0 Å². The molecule has 9 nitrogen and oxygen atoms in total. The zero-order valence-corrected chi connectivity index (χ0v) is 50.0. The van der Waals surface area contributed by atoms with Gasteiger partial charge in [-0.15, -0.1) is 0 Å². The largest absolute Gasteiger partial charge is 0.756 e. The third-order valence-corrected chi connectivity index (χ3v) is 15.0. The van der Waals surface area contributed by atoms with Gasteiger partial charge >= 0.3 is 5.97 Å². The van der Waals surface area contributed by atoms with Gasteiger partial charge in [0.25, 0.3) is 7.82 Å². The summed E-state index contributed by atoms with van der Waals surface area (Å²) >= 11 is 0. The summed E-state index contributed by atoms with van der Waals surface area (Å²) in [5.41, 5.74) is 0. The van der Waals surface area contributed by atoms with Crippen LogP contribution in [0.3, 0.4) is 0 Å². The van der Waals surface area contributed by atoms with Crippen LogP contribution in [0.25, 0.3) is 0 Å². The lowest BCUT2D eigenvalue weighted by molar-refractivity contribution is -0.870. The van der Waals surface area contributed by atoms with Crippen LogP contribution in [0.2, 0.25) is 0 Å². The van der Waals surface area contributed by atoms with Crippen LogP contribution in [0.5, 0.6) is 0 Å². The normalized spacial score (nSPS) is 13.9. The monoisotopic (exact) mass is 1050 g/mol. The van der Waals surface area contributed by atoms with Crippen LogP contribution in [-0.4, -0.2) is 69.4 Å². The molecule has 430 valence electrons. The fraction of sp³-hybridized carbons (Fsp3) is 0.873. The highest BCUT2D eigenvalue weighted by atomic mass is 31.2. The first-order valence-corrected chi connectivity index (χ1v) is 32.8. The van der Waals surface area contributed by atoms with Gasteiger partial charge in [0.1, 0.15) is 19.3 Å². The van der Waals surface area contributed by atoms with E-state index >= 15 is 0 Å². The van der Waals surface area contributed by atoms with Crippen molar-refractivity contribution in [3.8, 4) is 0 Å². The summed E-state index contributed by atoms with van der Waals surface area (Å²) in [7, 11) is 1.19. The summed E-state index contributed by atoms with van der Waals surface area (Å²) in [6, 6.07) is -0.889. The van der Waals surface area contributed by atoms with E-state index in [4.69, 9.17) is 13.8 Å². The molecule has 0 aromatic rings. The second-order valence-electron chi connectivity index (χ2n) is 22.6. The highest BCUT2D eigenvalue weighted by molar-refractivity contribution is 7.45. The molecule has 3 atom stereocenters. The number of amides is 1. The van der Waals surface area contributed by atoms with E-state index < -0.39 is 20.0 Å². The Labute approximate surface area is 453 Å². The average Bonchev–Trinajstić information content (AvgIpc) is 3.35. The minimum Gasteiger partial charge on any atom is -0.756 e. The van der Waals surface area contributed by atoms with E-state index in [-0.39, 0.29) is 31.5 Å². The highest BCUT2D eigenvalue weighted by Gasteiger charge is 2.27. The number of hydrogen-bond donors (Lipinski definition) is 1. The van der Waals surface area contributed by atoms with E-state index in [0.717, 1.165) is 83.5 Å². The first-order valence-electron chi connectivity index (χ1n) is 31.3. The number of phosphoric acid groups is 1. The smallest absolute Gasteiger partial charge is 0.306 e. The molecule has 0 bridgehead atoms. The van der Waals surface area contributed by atoms with E-state index in [9.17, 15) is 19.0 Å². The van der Waals surface area contributed by atoms with Crippen molar-refractivity contribution < 1.29 is 37.3 Å². The predicted molar refractivity (Wildman–Crippen MR) is 312 cm³/mol. The molecule has 0 aromatic heterocycles. The number of allylic oxidation sites excluding steroid dienone is 5. The Kier molecular flexibility index (Phi) is 52.3. The Morgan fingerprint density at radius 2 is 0.795 bits per heavy atom. The number of phosphoric ester groups is 1. The lowest BCUT2D eigenvalue weighted by Gasteiger charge is -2.30. The van der Waals surface area contributed by atoms with Gasteiger partial charge in [0.05, 0.1) is 33.8 Å². The SMILES string of the molecule is CCCCCCCC/C=C/CCCCCCCCCC(=O)NC(COP(=O)([O-])OCC[N+](C)(C)C)C(/C=C/CCCCCCCCCCCCC)OC(=O)CCCCCCCCC/C=C/CCCCCCCC. The summed E-state index contributed by atoms with van der Waals surface area (Å²) in [4.78, 5) is 40.0. The summed E-state index contributed by atoms with van der Waals surface area (Å²) in [6.07, 6.45) is 63.8. The number of quaternary nitrogens is 1. The minimum atomic E-state index is -4.70. The zero-order valence-electron chi connectivity index (χ0n) is 49.1. The number of nitrogens with zero attached hydrogens (tertiary/aromatic N) is 1. The van der Waals surface area contributed by atoms with Crippen molar-refractivity contribution in [1.29, 1.82) is 0 Å². The number of nitrogens with one attached hydrogen (secondary N) is 1. The molecular weight excluding hydrogens is 928 g/mol. The number of rotatable bonds is 57. The maximum atomic E-state index is 13.5. The second kappa shape index (κ2) is 53.6. The summed E-state index contributed by atoms with van der Waals surface area (Å²) < 4.78 is 30.3. The fourth-order valence-corrected chi connectivity index (χ4v) is 9.88. The summed E-state index contributed by atoms with van der Waals surface area (Å²) in [6.45, 7) is 6.86. The van der Waals surface area contributed by atoms with Gasteiger partial charge in [0.2, 0.25) is 5.91 Å². The molecule has 3 unspecified atom stereocenters. The van der Waals surface area contributed by atoms with Crippen LogP contribution in [0, 0.1) is 0 Å². The average molecular weight is 1050 g/mol. The number of likely N-dealkylation sites (N-methyl/N-ethyl adjacent to an activating group) is 1. The molecule has 0 saturated carbocycles. The number of carbonyl (C=O) groups excluding carboxylic acids is 2. The Morgan fingerprint density at radius 1 is 0.466 bits per heavy atom. The number of ether oxygens (including phenoxy) is 1. The molecule has 0 fully saturated rings. The Morgan fingerprint density at radius 3 is 1.16 bits per heavy atom. The van der Waals surface area contributed by atoms with E-state index in [1.165, 1.54) is 186 Å². The Balaban J connectivity index is 5.29. The Bertz CT molecular complexity index is 1350. The lowest BCUT2D eigenvalue weighted by Crippen LogP contribution is -2.47. The summed E-state index contributed by atoms with van der Waals surface area (Å²) in [5, 5.41) is 3.03. The quantitative estimate of drug-likeness (QED) is 0.0212. The second-order valence-corrected chi connectivity index (χ2v) is 24.0. The topological polar surface area (TPSA) is 114 Å². The molecule has 0 aliphatic carbocycles. The van der Waals surface area contributed by atoms with Crippen LogP contribution in [0.4, 0.5) is 0 Å². The van der Waals surface area contributed by atoms with Gasteiger partial charge in [-0.05, 0) is 83.1 Å². The van der Waals surface area contributed by atoms with Gasteiger partial charge in [0.15, 0.2) is 0 Å². The zero-order chi connectivity index (χ0) is 53.6. The van der Waals surface area contributed by atoms with Crippen LogP contribution >= 0.6 is 7.82 Å². The lowest BCUT2D eigenvalue weighted by atomic mass is 10.0. The molecule has 0 aromatic carbocycles. The van der Waals surface area contributed by atoms with E-state index in [1.807, 2.05) is 33.3 Å². The fourth-order valence-electron chi connectivity index (χ4n) is 9.16. The van der Waals surface area contributed by atoms with Gasteiger partial charge < -0.3 is 28.5 Å². The molecule has 0 aliphatic rings. The van der Waals surface area contributed by atoms with Crippen molar-refractivity contribution in [2.24, 2.45) is 0 Å². The standard InChI is InChI=1S/C63H121N2O7P/c1-7-10-13-16-19-22-25-28-30-32-34-37-40-43-46-49-52-55-62(66)64-60(59-71-73(68,69)70-58-57-65(4,5)6)61(54-51-48-45-42-39-36-27-24-21-18-15-12-9-3)72-63(67)56-53-50-47-44-41-38-35-33-31-29-26-23-20-17-14-11-8-2/h28-31,51,54,60-61H,7-27,32-50,52-53,55-59H2,1-6H3,(H-,64,66,68,69)/b30-28+,31-29+,54-51+. The van der Waals surface area contributed by atoms with Gasteiger partial charge in [-0.3, -0.25) is 14.2 Å².